The van der Waals surface area contributed by atoms with E-state index in [0.717, 1.165) is 6.07 Å². The molecule has 0 amide bonds. The SMILES string of the molecule is COCOc1cccc(OC(F)(F)F)c1C(=O)OCc1ccccc1. The second kappa shape index (κ2) is 8.39. The van der Waals surface area contributed by atoms with E-state index in [2.05, 4.69) is 4.74 Å². The van der Waals surface area contributed by atoms with Crippen molar-refractivity contribution in [1.82, 2.24) is 0 Å². The summed E-state index contributed by atoms with van der Waals surface area (Å²) in [6.45, 7) is -0.363. The van der Waals surface area contributed by atoms with Crippen molar-refractivity contribution in [2.24, 2.45) is 0 Å². The van der Waals surface area contributed by atoms with Crippen LogP contribution in [0.3, 0.4) is 0 Å². The molecule has 134 valence electrons. The molecule has 5 nitrogen and oxygen atoms in total. The van der Waals surface area contributed by atoms with Crippen LogP contribution in [0.25, 0.3) is 0 Å². The molecule has 0 bridgehead atoms. The van der Waals surface area contributed by atoms with Crippen molar-refractivity contribution in [3.8, 4) is 11.5 Å². The molecule has 0 N–H and O–H groups in total. The van der Waals surface area contributed by atoms with E-state index in [4.69, 9.17) is 14.2 Å². The molecular weight excluding hydrogens is 341 g/mol. The highest BCUT2D eigenvalue weighted by molar-refractivity contribution is 5.95. The molecule has 0 heterocycles. The average Bonchev–Trinajstić information content (AvgIpc) is 2.57. The summed E-state index contributed by atoms with van der Waals surface area (Å²) in [5.74, 6) is -1.85. The number of rotatable bonds is 7. The second-order valence-electron chi connectivity index (χ2n) is 4.79. The molecule has 2 rings (SSSR count). The number of carbonyl (C=O) groups is 1. The van der Waals surface area contributed by atoms with Gasteiger partial charge in [-0.15, -0.1) is 13.2 Å². The maximum absolute atomic E-state index is 12.6. The van der Waals surface area contributed by atoms with Gasteiger partial charge in [-0.1, -0.05) is 36.4 Å². The Balaban J connectivity index is 2.25. The van der Waals surface area contributed by atoms with Gasteiger partial charge in [-0.2, -0.15) is 0 Å². The number of hydrogen-bond acceptors (Lipinski definition) is 5. The molecular formula is C17H15F3O5. The average molecular weight is 356 g/mol. The van der Waals surface area contributed by atoms with Crippen LogP contribution in [0.15, 0.2) is 48.5 Å². The first kappa shape index (κ1) is 18.6. The second-order valence-corrected chi connectivity index (χ2v) is 4.79. The molecule has 0 aliphatic heterocycles. The lowest BCUT2D eigenvalue weighted by Gasteiger charge is -2.16. The molecule has 0 fully saturated rings. The van der Waals surface area contributed by atoms with Crippen LogP contribution in [0.1, 0.15) is 15.9 Å². The minimum atomic E-state index is -4.96. The fourth-order valence-corrected chi connectivity index (χ4v) is 1.96. The van der Waals surface area contributed by atoms with Crippen molar-refractivity contribution in [1.29, 1.82) is 0 Å². The Morgan fingerprint density at radius 1 is 1.00 bits per heavy atom. The van der Waals surface area contributed by atoms with Crippen molar-refractivity contribution < 1.29 is 36.9 Å². The van der Waals surface area contributed by atoms with Crippen molar-refractivity contribution in [2.45, 2.75) is 13.0 Å². The highest BCUT2D eigenvalue weighted by Gasteiger charge is 2.34. The Morgan fingerprint density at radius 2 is 1.68 bits per heavy atom. The number of carbonyl (C=O) groups excluding carboxylic acids is 1. The summed E-state index contributed by atoms with van der Waals surface area (Å²) in [5.41, 5.74) is 0.220. The zero-order chi connectivity index (χ0) is 18.3. The number of esters is 1. The third-order valence-corrected chi connectivity index (χ3v) is 2.96. The van der Waals surface area contributed by atoms with Gasteiger partial charge in [0.25, 0.3) is 0 Å². The number of methoxy groups -OCH3 is 1. The molecule has 0 unspecified atom stereocenters. The molecule has 2 aromatic rings. The van der Waals surface area contributed by atoms with Gasteiger partial charge < -0.3 is 18.9 Å². The van der Waals surface area contributed by atoms with Crippen LogP contribution in [-0.4, -0.2) is 26.2 Å². The minimum absolute atomic E-state index is 0.107. The number of ether oxygens (including phenoxy) is 4. The van der Waals surface area contributed by atoms with Crippen LogP contribution in [0.4, 0.5) is 13.2 Å². The molecule has 0 spiro atoms. The molecule has 0 saturated heterocycles. The maximum Gasteiger partial charge on any atom is 0.573 e. The Kier molecular flexibility index (Phi) is 6.24. The fraction of sp³-hybridized carbons (Fsp3) is 0.235. The Morgan fingerprint density at radius 3 is 2.32 bits per heavy atom. The van der Waals surface area contributed by atoms with Crippen LogP contribution >= 0.6 is 0 Å². The van der Waals surface area contributed by atoms with E-state index in [-0.39, 0.29) is 19.1 Å². The highest BCUT2D eigenvalue weighted by Crippen LogP contribution is 2.33. The van der Waals surface area contributed by atoms with Gasteiger partial charge in [-0.05, 0) is 17.7 Å². The van der Waals surface area contributed by atoms with Gasteiger partial charge in [0.2, 0.25) is 0 Å². The van der Waals surface area contributed by atoms with E-state index in [0.29, 0.717) is 5.56 Å². The standard InChI is InChI=1S/C17H15F3O5/c1-22-11-24-13-8-5-9-14(25-17(18,19)20)15(13)16(21)23-10-12-6-3-2-4-7-12/h2-9H,10-11H2,1H3. The van der Waals surface area contributed by atoms with Gasteiger partial charge in [-0.3, -0.25) is 0 Å². The van der Waals surface area contributed by atoms with Gasteiger partial charge >= 0.3 is 12.3 Å². The molecule has 0 radical (unpaired) electrons. The van der Waals surface area contributed by atoms with Gasteiger partial charge in [0, 0.05) is 7.11 Å². The van der Waals surface area contributed by atoms with E-state index in [1.165, 1.54) is 19.2 Å². The first-order valence-electron chi connectivity index (χ1n) is 7.12. The lowest BCUT2D eigenvalue weighted by molar-refractivity contribution is -0.274. The van der Waals surface area contributed by atoms with Crippen LogP contribution < -0.4 is 9.47 Å². The molecule has 0 aromatic heterocycles. The quantitative estimate of drug-likeness (QED) is 0.556. The van der Waals surface area contributed by atoms with E-state index in [9.17, 15) is 18.0 Å². The number of halogens is 3. The van der Waals surface area contributed by atoms with Crippen LogP contribution in [0.5, 0.6) is 11.5 Å². The van der Waals surface area contributed by atoms with Crippen LogP contribution in [0.2, 0.25) is 0 Å². The van der Waals surface area contributed by atoms with E-state index in [1.54, 1.807) is 30.3 Å². The van der Waals surface area contributed by atoms with Gasteiger partial charge in [-0.25, -0.2) is 4.79 Å². The Labute approximate surface area is 141 Å². The summed E-state index contributed by atoms with van der Waals surface area (Å²) in [6, 6.07) is 12.3. The third-order valence-electron chi connectivity index (χ3n) is 2.96. The molecule has 0 aliphatic carbocycles. The molecule has 25 heavy (non-hydrogen) atoms. The molecule has 8 heteroatoms. The van der Waals surface area contributed by atoms with E-state index >= 15 is 0 Å². The topological polar surface area (TPSA) is 54.0 Å². The van der Waals surface area contributed by atoms with Crippen molar-refractivity contribution in [3.05, 3.63) is 59.7 Å². The number of benzene rings is 2. The van der Waals surface area contributed by atoms with Gasteiger partial charge in [0.1, 0.15) is 23.7 Å². The number of alkyl halides is 3. The first-order chi connectivity index (χ1) is 11.9. The largest absolute Gasteiger partial charge is 0.573 e. The Bertz CT molecular complexity index is 701. The third kappa shape index (κ3) is 5.68. The first-order valence-corrected chi connectivity index (χ1v) is 7.12. The summed E-state index contributed by atoms with van der Waals surface area (Å²) < 4.78 is 56.6. The molecule has 0 atom stereocenters. The van der Waals surface area contributed by atoms with Gasteiger partial charge in [0.15, 0.2) is 6.79 Å². The molecule has 0 saturated carbocycles. The summed E-state index contributed by atoms with van der Waals surface area (Å²) >= 11 is 0. The predicted molar refractivity (Wildman–Crippen MR) is 81.2 cm³/mol. The smallest absolute Gasteiger partial charge is 0.467 e. The highest BCUT2D eigenvalue weighted by atomic mass is 19.4. The molecule has 0 aliphatic rings. The van der Waals surface area contributed by atoms with E-state index in [1.807, 2.05) is 0 Å². The van der Waals surface area contributed by atoms with Crippen LogP contribution in [-0.2, 0) is 16.1 Å². The summed E-state index contributed by atoms with van der Waals surface area (Å²) in [5, 5.41) is 0. The van der Waals surface area contributed by atoms with Crippen molar-refractivity contribution in [3.63, 3.8) is 0 Å². The zero-order valence-electron chi connectivity index (χ0n) is 13.2. The lowest BCUT2D eigenvalue weighted by Crippen LogP contribution is -2.20. The normalized spacial score (nSPS) is 11.0. The predicted octanol–water partition coefficient (Wildman–Crippen LogP) is 3.92. The van der Waals surface area contributed by atoms with E-state index < -0.39 is 23.6 Å². The Hall–Kier alpha value is -2.74. The lowest BCUT2D eigenvalue weighted by atomic mass is 10.1. The maximum atomic E-state index is 12.6. The summed E-state index contributed by atoms with van der Waals surface area (Å²) in [7, 11) is 1.34. The monoisotopic (exact) mass is 356 g/mol. The summed E-state index contributed by atoms with van der Waals surface area (Å²) in [6.07, 6.45) is -4.96. The van der Waals surface area contributed by atoms with Gasteiger partial charge in [0.05, 0.1) is 0 Å². The van der Waals surface area contributed by atoms with Crippen molar-refractivity contribution >= 4 is 5.97 Å². The molecule has 2 aromatic carbocycles. The van der Waals surface area contributed by atoms with Crippen molar-refractivity contribution in [2.75, 3.05) is 13.9 Å². The number of hydrogen-bond donors (Lipinski definition) is 0. The summed E-state index contributed by atoms with van der Waals surface area (Å²) in [4.78, 5) is 12.3. The minimum Gasteiger partial charge on any atom is -0.467 e. The fourth-order valence-electron chi connectivity index (χ4n) is 1.96. The zero-order valence-corrected chi connectivity index (χ0v) is 13.2. The van der Waals surface area contributed by atoms with Crippen LogP contribution in [0, 0.1) is 0 Å².